The molecule has 0 fully saturated rings. The summed E-state index contributed by atoms with van der Waals surface area (Å²) in [6.07, 6.45) is -3.74. The van der Waals surface area contributed by atoms with Crippen LogP contribution in [0.3, 0.4) is 0 Å². The molecule has 0 aliphatic rings. The predicted octanol–water partition coefficient (Wildman–Crippen LogP) is 3.40. The molecule has 1 aromatic carbocycles. The molecule has 0 saturated carbocycles. The number of rotatable bonds is 6. The van der Waals surface area contributed by atoms with E-state index in [1.54, 1.807) is 11.5 Å². The van der Waals surface area contributed by atoms with Crippen LogP contribution in [0, 0.1) is 0 Å². The van der Waals surface area contributed by atoms with Crippen molar-refractivity contribution in [1.29, 1.82) is 0 Å². The number of amides is 3. The highest BCUT2D eigenvalue weighted by atomic mass is 32.2. The van der Waals surface area contributed by atoms with Crippen LogP contribution in [0.2, 0.25) is 0 Å². The molecular weight excluding hydrogens is 369 g/mol. The van der Waals surface area contributed by atoms with Crippen LogP contribution in [-0.2, 0) is 17.5 Å². The average Bonchev–Trinajstić information content (AvgIpc) is 2.90. The van der Waals surface area contributed by atoms with Gasteiger partial charge in [-0.05, 0) is 31.5 Å². The Hall–Kier alpha value is -2.23. The van der Waals surface area contributed by atoms with Crippen molar-refractivity contribution in [2.45, 2.75) is 38.1 Å². The van der Waals surface area contributed by atoms with Gasteiger partial charge in [-0.25, -0.2) is 9.78 Å². The summed E-state index contributed by atoms with van der Waals surface area (Å²) in [6.45, 7) is 4.48. The maximum atomic E-state index is 13.0. The number of aryl methyl sites for hydroxylation is 1. The Morgan fingerprint density at radius 2 is 2.00 bits per heavy atom. The summed E-state index contributed by atoms with van der Waals surface area (Å²) < 4.78 is 40.5. The maximum Gasteiger partial charge on any atom is 0.416 e. The highest BCUT2D eigenvalue weighted by molar-refractivity contribution is 7.99. The molecule has 0 saturated heterocycles. The minimum Gasteiger partial charge on any atom is -0.338 e. The first kappa shape index (κ1) is 20.1. The number of alkyl halides is 3. The van der Waals surface area contributed by atoms with E-state index in [0.717, 1.165) is 23.9 Å². The highest BCUT2D eigenvalue weighted by Crippen LogP contribution is 2.33. The zero-order valence-electron chi connectivity index (χ0n) is 14.3. The van der Waals surface area contributed by atoms with Gasteiger partial charge in [0.1, 0.15) is 0 Å². The van der Waals surface area contributed by atoms with E-state index in [2.05, 4.69) is 15.6 Å². The van der Waals surface area contributed by atoms with Crippen molar-refractivity contribution in [3.63, 3.8) is 0 Å². The third-order valence-electron chi connectivity index (χ3n) is 3.41. The number of imidazole rings is 1. The molecule has 0 bridgehead atoms. The van der Waals surface area contributed by atoms with Crippen molar-refractivity contribution in [3.05, 3.63) is 23.8 Å². The third-order valence-corrected chi connectivity index (χ3v) is 4.39. The molecule has 2 aromatic rings. The Morgan fingerprint density at radius 3 is 2.62 bits per heavy atom. The Labute approximate surface area is 152 Å². The summed E-state index contributed by atoms with van der Waals surface area (Å²) in [4.78, 5) is 27.4. The lowest BCUT2D eigenvalue weighted by atomic mass is 10.2. The largest absolute Gasteiger partial charge is 0.416 e. The molecule has 0 spiro atoms. The van der Waals surface area contributed by atoms with Gasteiger partial charge >= 0.3 is 12.2 Å². The monoisotopic (exact) mass is 388 g/mol. The van der Waals surface area contributed by atoms with E-state index in [9.17, 15) is 22.8 Å². The third kappa shape index (κ3) is 4.90. The van der Waals surface area contributed by atoms with Gasteiger partial charge in [0.05, 0.1) is 22.3 Å². The fraction of sp³-hybridized carbons (Fsp3) is 0.438. The molecule has 0 aliphatic heterocycles. The number of benzene rings is 1. The molecule has 1 heterocycles. The van der Waals surface area contributed by atoms with E-state index in [1.165, 1.54) is 6.07 Å². The number of hydrogen-bond donors (Lipinski definition) is 2. The van der Waals surface area contributed by atoms with E-state index in [1.807, 2.05) is 6.92 Å². The lowest BCUT2D eigenvalue weighted by molar-refractivity contribution is -0.137. The minimum atomic E-state index is -4.44. The maximum absolute atomic E-state index is 13.0. The quantitative estimate of drug-likeness (QED) is 0.744. The van der Waals surface area contributed by atoms with Crippen molar-refractivity contribution < 1.29 is 22.8 Å². The Kier molecular flexibility index (Phi) is 6.52. The molecular formula is C16H19F3N4O2S. The second kappa shape index (κ2) is 8.43. The average molecular weight is 388 g/mol. The molecule has 2 rings (SSSR count). The molecule has 0 aliphatic carbocycles. The Bertz CT molecular complexity index is 805. The van der Waals surface area contributed by atoms with Crippen molar-refractivity contribution >= 4 is 34.7 Å². The molecule has 142 valence electrons. The van der Waals surface area contributed by atoms with Gasteiger partial charge in [0, 0.05) is 13.1 Å². The van der Waals surface area contributed by atoms with Crippen molar-refractivity contribution in [1.82, 2.24) is 20.2 Å². The number of carbonyl (C=O) groups excluding carboxylic acids is 2. The molecule has 2 N–H and O–H groups in total. The van der Waals surface area contributed by atoms with Gasteiger partial charge < -0.3 is 9.88 Å². The SMILES string of the molecule is CCCn1c(SCC(=O)NC(=O)NCC)nc2ccc(C(F)(F)F)cc21. The van der Waals surface area contributed by atoms with E-state index in [4.69, 9.17) is 0 Å². The topological polar surface area (TPSA) is 76.0 Å². The summed E-state index contributed by atoms with van der Waals surface area (Å²) in [5.41, 5.74) is 0.0548. The predicted molar refractivity (Wildman–Crippen MR) is 93.0 cm³/mol. The normalized spacial score (nSPS) is 11.6. The van der Waals surface area contributed by atoms with Crippen LogP contribution in [0.1, 0.15) is 25.8 Å². The molecule has 1 aromatic heterocycles. The number of imide groups is 1. The summed E-state index contributed by atoms with van der Waals surface area (Å²) in [5, 5.41) is 5.05. The number of hydrogen-bond acceptors (Lipinski definition) is 4. The van der Waals surface area contributed by atoms with Crippen LogP contribution < -0.4 is 10.6 Å². The number of halogens is 3. The molecule has 3 amide bonds. The lowest BCUT2D eigenvalue weighted by Crippen LogP contribution is -2.40. The summed E-state index contributed by atoms with van der Waals surface area (Å²) in [6, 6.07) is 2.79. The summed E-state index contributed by atoms with van der Waals surface area (Å²) >= 11 is 1.07. The Balaban J connectivity index is 2.22. The zero-order valence-corrected chi connectivity index (χ0v) is 15.1. The summed E-state index contributed by atoms with van der Waals surface area (Å²) in [5.74, 6) is -0.580. The number of fused-ring (bicyclic) bond motifs is 1. The second-order valence-electron chi connectivity index (χ2n) is 5.44. The molecule has 0 atom stereocenters. The van der Waals surface area contributed by atoms with E-state index >= 15 is 0 Å². The van der Waals surface area contributed by atoms with Crippen LogP contribution >= 0.6 is 11.8 Å². The van der Waals surface area contributed by atoms with Crippen LogP contribution in [0.4, 0.5) is 18.0 Å². The van der Waals surface area contributed by atoms with Crippen LogP contribution in [0.25, 0.3) is 11.0 Å². The number of urea groups is 1. The first-order valence-electron chi connectivity index (χ1n) is 8.04. The number of carbonyl (C=O) groups is 2. The van der Waals surface area contributed by atoms with Gasteiger partial charge in [-0.3, -0.25) is 10.1 Å². The Morgan fingerprint density at radius 1 is 1.27 bits per heavy atom. The number of nitrogens with zero attached hydrogens (tertiary/aromatic N) is 2. The van der Waals surface area contributed by atoms with E-state index in [0.29, 0.717) is 35.7 Å². The first-order chi connectivity index (χ1) is 12.3. The number of aromatic nitrogens is 2. The van der Waals surface area contributed by atoms with Gasteiger partial charge in [0.2, 0.25) is 5.91 Å². The van der Waals surface area contributed by atoms with Gasteiger partial charge in [-0.1, -0.05) is 18.7 Å². The summed E-state index contributed by atoms with van der Waals surface area (Å²) in [7, 11) is 0. The first-order valence-corrected chi connectivity index (χ1v) is 9.02. The van der Waals surface area contributed by atoms with Crippen molar-refractivity contribution in [2.24, 2.45) is 0 Å². The fourth-order valence-corrected chi connectivity index (χ4v) is 3.17. The molecule has 6 nitrogen and oxygen atoms in total. The standard InChI is InChI=1S/C16H19F3N4O2S/c1-3-7-23-12-8-10(16(17,18)19)5-6-11(12)21-15(23)26-9-13(24)22-14(25)20-4-2/h5-6,8H,3-4,7,9H2,1-2H3,(H2,20,22,24,25). The minimum absolute atomic E-state index is 0.0731. The van der Waals surface area contributed by atoms with Crippen LogP contribution in [0.5, 0.6) is 0 Å². The van der Waals surface area contributed by atoms with E-state index in [-0.39, 0.29) is 5.75 Å². The smallest absolute Gasteiger partial charge is 0.338 e. The van der Waals surface area contributed by atoms with Gasteiger partial charge in [0.15, 0.2) is 5.16 Å². The van der Waals surface area contributed by atoms with Crippen LogP contribution in [-0.4, -0.2) is 33.8 Å². The van der Waals surface area contributed by atoms with Gasteiger partial charge in [-0.15, -0.1) is 0 Å². The molecule has 0 unspecified atom stereocenters. The lowest BCUT2D eigenvalue weighted by Gasteiger charge is -2.09. The van der Waals surface area contributed by atoms with Crippen molar-refractivity contribution in [3.8, 4) is 0 Å². The molecule has 26 heavy (non-hydrogen) atoms. The number of nitrogens with one attached hydrogen (secondary N) is 2. The van der Waals surface area contributed by atoms with Crippen molar-refractivity contribution in [2.75, 3.05) is 12.3 Å². The fourth-order valence-electron chi connectivity index (χ4n) is 2.32. The van der Waals surface area contributed by atoms with Gasteiger partial charge in [0.25, 0.3) is 0 Å². The zero-order chi connectivity index (χ0) is 19.3. The molecule has 10 heteroatoms. The van der Waals surface area contributed by atoms with Gasteiger partial charge in [-0.2, -0.15) is 13.2 Å². The number of thioether (sulfide) groups is 1. The van der Waals surface area contributed by atoms with Crippen LogP contribution in [0.15, 0.2) is 23.4 Å². The van der Waals surface area contributed by atoms with E-state index < -0.39 is 23.7 Å². The molecule has 0 radical (unpaired) electrons. The second-order valence-corrected chi connectivity index (χ2v) is 6.39. The highest BCUT2D eigenvalue weighted by Gasteiger charge is 2.31.